The molecule has 0 aromatic heterocycles. The Labute approximate surface area is 115 Å². The van der Waals surface area contributed by atoms with Crippen LogP contribution in [0.25, 0.3) is 0 Å². The maximum Gasteiger partial charge on any atom is 0.126 e. The van der Waals surface area contributed by atoms with Gasteiger partial charge >= 0.3 is 0 Å². The molecule has 0 aliphatic carbocycles. The zero-order valence-corrected chi connectivity index (χ0v) is 12.1. The number of aliphatic hydroxyl groups is 1. The first-order chi connectivity index (χ1) is 9.19. The van der Waals surface area contributed by atoms with Gasteiger partial charge in [0.15, 0.2) is 0 Å². The second-order valence-corrected chi connectivity index (χ2v) is 4.61. The molecular formula is C15H25NO3. The number of hydrogen-bond donors (Lipinski definition) is 2. The Morgan fingerprint density at radius 3 is 2.84 bits per heavy atom. The second kappa shape index (κ2) is 8.91. The van der Waals surface area contributed by atoms with Crippen LogP contribution in [0.3, 0.4) is 0 Å². The van der Waals surface area contributed by atoms with E-state index in [9.17, 15) is 5.11 Å². The molecule has 1 atom stereocenters. The molecule has 2 N–H and O–H groups in total. The molecule has 1 aromatic rings. The van der Waals surface area contributed by atoms with Crippen molar-refractivity contribution in [3.05, 3.63) is 29.3 Å². The lowest BCUT2D eigenvalue weighted by Gasteiger charge is -2.16. The van der Waals surface area contributed by atoms with E-state index in [4.69, 9.17) is 9.47 Å². The number of aryl methyl sites for hydroxylation is 1. The van der Waals surface area contributed by atoms with Crippen molar-refractivity contribution in [2.24, 2.45) is 0 Å². The second-order valence-electron chi connectivity index (χ2n) is 4.61. The molecule has 0 heterocycles. The Bertz CT molecular complexity index is 368. The molecule has 1 rings (SSSR count). The predicted molar refractivity (Wildman–Crippen MR) is 76.6 cm³/mol. The van der Waals surface area contributed by atoms with Gasteiger partial charge in [-0.25, -0.2) is 0 Å². The molecule has 108 valence electrons. The van der Waals surface area contributed by atoms with Crippen molar-refractivity contribution in [3.63, 3.8) is 0 Å². The van der Waals surface area contributed by atoms with Crippen molar-refractivity contribution in [3.8, 4) is 5.75 Å². The molecule has 0 fully saturated rings. The number of rotatable bonds is 9. The van der Waals surface area contributed by atoms with E-state index < -0.39 is 6.10 Å². The van der Waals surface area contributed by atoms with E-state index >= 15 is 0 Å². The maximum atomic E-state index is 9.59. The molecule has 1 unspecified atom stereocenters. The van der Waals surface area contributed by atoms with E-state index in [1.54, 1.807) is 7.11 Å². The van der Waals surface area contributed by atoms with Gasteiger partial charge in [0.25, 0.3) is 0 Å². The minimum atomic E-state index is -0.408. The lowest BCUT2D eigenvalue weighted by Crippen LogP contribution is -2.21. The van der Waals surface area contributed by atoms with Crippen LogP contribution in [-0.4, -0.2) is 38.1 Å². The van der Waals surface area contributed by atoms with Crippen LogP contribution in [-0.2, 0) is 11.3 Å². The van der Waals surface area contributed by atoms with E-state index in [1.165, 1.54) is 0 Å². The largest absolute Gasteiger partial charge is 0.490 e. The smallest absolute Gasteiger partial charge is 0.126 e. The van der Waals surface area contributed by atoms with Gasteiger partial charge in [-0.3, -0.25) is 0 Å². The quantitative estimate of drug-likeness (QED) is 0.671. The normalized spacial score (nSPS) is 12.4. The number of methoxy groups -OCH3 is 1. The molecule has 0 saturated carbocycles. The molecule has 4 nitrogen and oxygen atoms in total. The standard InChI is InChI=1S/C15H25NO3/c1-4-14(17)11-19-15-12(2)6-5-7-13(15)10-16-8-9-18-3/h5-7,14,16-17H,4,8-11H2,1-3H3. The van der Waals surface area contributed by atoms with Crippen LogP contribution < -0.4 is 10.1 Å². The Kier molecular flexibility index (Phi) is 7.48. The van der Waals surface area contributed by atoms with Crippen LogP contribution in [0.4, 0.5) is 0 Å². The molecule has 0 saturated heterocycles. The highest BCUT2D eigenvalue weighted by molar-refractivity contribution is 5.40. The number of nitrogens with one attached hydrogen (secondary N) is 1. The average Bonchev–Trinajstić information content (AvgIpc) is 2.42. The maximum absolute atomic E-state index is 9.59. The molecular weight excluding hydrogens is 242 g/mol. The predicted octanol–water partition coefficient (Wildman–Crippen LogP) is 1.88. The van der Waals surface area contributed by atoms with Gasteiger partial charge in [-0.2, -0.15) is 0 Å². The van der Waals surface area contributed by atoms with E-state index in [2.05, 4.69) is 5.32 Å². The van der Waals surface area contributed by atoms with Crippen molar-refractivity contribution >= 4 is 0 Å². The zero-order valence-electron chi connectivity index (χ0n) is 12.1. The van der Waals surface area contributed by atoms with Crippen LogP contribution in [0.15, 0.2) is 18.2 Å². The lowest BCUT2D eigenvalue weighted by atomic mass is 10.1. The summed E-state index contributed by atoms with van der Waals surface area (Å²) in [6, 6.07) is 6.08. The van der Waals surface area contributed by atoms with Gasteiger partial charge in [-0.1, -0.05) is 25.1 Å². The Morgan fingerprint density at radius 2 is 2.16 bits per heavy atom. The van der Waals surface area contributed by atoms with Gasteiger partial charge in [0.2, 0.25) is 0 Å². The van der Waals surface area contributed by atoms with Gasteiger partial charge in [0.05, 0.1) is 12.7 Å². The van der Waals surface area contributed by atoms with Gasteiger partial charge in [0.1, 0.15) is 12.4 Å². The van der Waals surface area contributed by atoms with Gasteiger partial charge in [0, 0.05) is 25.8 Å². The minimum absolute atomic E-state index is 0.340. The first-order valence-corrected chi connectivity index (χ1v) is 6.78. The van der Waals surface area contributed by atoms with E-state index in [0.717, 1.165) is 30.0 Å². The summed E-state index contributed by atoms with van der Waals surface area (Å²) in [6.45, 7) is 6.54. The summed E-state index contributed by atoms with van der Waals surface area (Å²) in [6.07, 6.45) is 0.293. The average molecular weight is 267 g/mol. The summed E-state index contributed by atoms with van der Waals surface area (Å²) in [4.78, 5) is 0. The highest BCUT2D eigenvalue weighted by atomic mass is 16.5. The molecule has 0 spiro atoms. The number of aliphatic hydroxyl groups excluding tert-OH is 1. The lowest BCUT2D eigenvalue weighted by molar-refractivity contribution is 0.103. The SMILES string of the molecule is CCC(O)COc1c(C)cccc1CNCCOC. The zero-order chi connectivity index (χ0) is 14.1. The summed E-state index contributed by atoms with van der Waals surface area (Å²) < 4.78 is 10.8. The van der Waals surface area contributed by atoms with E-state index in [1.807, 2.05) is 32.0 Å². The molecule has 4 heteroatoms. The third-order valence-electron chi connectivity index (χ3n) is 2.98. The van der Waals surface area contributed by atoms with E-state index in [-0.39, 0.29) is 0 Å². The summed E-state index contributed by atoms with van der Waals surface area (Å²) in [5.41, 5.74) is 2.20. The Hall–Kier alpha value is -1.10. The number of ether oxygens (including phenoxy) is 2. The molecule has 0 aliphatic rings. The third kappa shape index (κ3) is 5.59. The highest BCUT2D eigenvalue weighted by Gasteiger charge is 2.09. The fourth-order valence-corrected chi connectivity index (χ4v) is 1.75. The van der Waals surface area contributed by atoms with Crippen LogP contribution in [0, 0.1) is 6.92 Å². The van der Waals surface area contributed by atoms with Gasteiger partial charge in [-0.15, -0.1) is 0 Å². The molecule has 0 aliphatic heterocycles. The van der Waals surface area contributed by atoms with Crippen LogP contribution in [0.5, 0.6) is 5.75 Å². The molecule has 0 radical (unpaired) electrons. The third-order valence-corrected chi connectivity index (χ3v) is 2.98. The molecule has 0 amide bonds. The topological polar surface area (TPSA) is 50.7 Å². The summed E-state index contributed by atoms with van der Waals surface area (Å²) in [5.74, 6) is 0.875. The number of hydrogen-bond acceptors (Lipinski definition) is 4. The monoisotopic (exact) mass is 267 g/mol. The summed E-state index contributed by atoms with van der Waals surface area (Å²) in [5, 5.41) is 12.9. The van der Waals surface area contributed by atoms with Crippen molar-refractivity contribution in [2.45, 2.75) is 32.9 Å². The highest BCUT2D eigenvalue weighted by Crippen LogP contribution is 2.23. The van der Waals surface area contributed by atoms with Crippen LogP contribution in [0.1, 0.15) is 24.5 Å². The van der Waals surface area contributed by atoms with E-state index in [0.29, 0.717) is 19.6 Å². The fourth-order valence-electron chi connectivity index (χ4n) is 1.75. The van der Waals surface area contributed by atoms with Crippen LogP contribution >= 0.6 is 0 Å². The van der Waals surface area contributed by atoms with Crippen molar-refractivity contribution in [1.29, 1.82) is 0 Å². The Balaban J connectivity index is 2.61. The first kappa shape index (κ1) is 16.0. The molecule has 1 aromatic carbocycles. The van der Waals surface area contributed by atoms with Gasteiger partial charge < -0.3 is 19.9 Å². The van der Waals surface area contributed by atoms with Crippen molar-refractivity contribution < 1.29 is 14.6 Å². The first-order valence-electron chi connectivity index (χ1n) is 6.78. The minimum Gasteiger partial charge on any atom is -0.490 e. The number of para-hydroxylation sites is 1. The number of benzene rings is 1. The Morgan fingerprint density at radius 1 is 1.37 bits per heavy atom. The summed E-state index contributed by atoms with van der Waals surface area (Å²) in [7, 11) is 1.69. The van der Waals surface area contributed by atoms with Crippen molar-refractivity contribution in [2.75, 3.05) is 26.9 Å². The molecule has 0 bridgehead atoms. The fraction of sp³-hybridized carbons (Fsp3) is 0.600. The van der Waals surface area contributed by atoms with Crippen molar-refractivity contribution in [1.82, 2.24) is 5.32 Å². The van der Waals surface area contributed by atoms with Gasteiger partial charge in [-0.05, 0) is 18.9 Å². The van der Waals surface area contributed by atoms with Crippen LogP contribution in [0.2, 0.25) is 0 Å². The summed E-state index contributed by atoms with van der Waals surface area (Å²) >= 11 is 0. The molecule has 19 heavy (non-hydrogen) atoms.